The summed E-state index contributed by atoms with van der Waals surface area (Å²) in [6.07, 6.45) is 1.52. The Kier molecular flexibility index (Phi) is 7.52. The van der Waals surface area contributed by atoms with Crippen LogP contribution in [0.3, 0.4) is 0 Å². The fourth-order valence-corrected chi connectivity index (χ4v) is 1.70. The van der Waals surface area contributed by atoms with Crippen molar-refractivity contribution in [3.63, 3.8) is 0 Å². The van der Waals surface area contributed by atoms with Gasteiger partial charge in [0.1, 0.15) is 12.2 Å². The van der Waals surface area contributed by atoms with E-state index in [4.69, 9.17) is 5.73 Å². The van der Waals surface area contributed by atoms with Crippen molar-refractivity contribution in [3.8, 4) is 0 Å². The molecule has 5 N–H and O–H groups in total. The van der Waals surface area contributed by atoms with Crippen LogP contribution in [0.25, 0.3) is 0 Å². The number of nitrogens with one attached hydrogen (secondary N) is 3. The van der Waals surface area contributed by atoms with Crippen molar-refractivity contribution in [2.24, 2.45) is 15.8 Å². The predicted molar refractivity (Wildman–Crippen MR) is 85.4 cm³/mol. The van der Waals surface area contributed by atoms with E-state index in [9.17, 15) is 4.79 Å². The number of benzene rings is 1. The minimum absolute atomic E-state index is 0.00763. The van der Waals surface area contributed by atoms with Gasteiger partial charge in [-0.05, 0) is 12.6 Å². The third kappa shape index (κ3) is 6.05. The zero-order chi connectivity index (χ0) is 15.5. The lowest BCUT2D eigenvalue weighted by Gasteiger charge is -2.07. The van der Waals surface area contributed by atoms with Crippen LogP contribution in [-0.4, -0.2) is 45.3 Å². The highest BCUT2D eigenvalue weighted by Gasteiger charge is 2.05. The van der Waals surface area contributed by atoms with Crippen LogP contribution in [0.15, 0.2) is 34.4 Å². The van der Waals surface area contributed by atoms with Crippen LogP contribution in [0.2, 0.25) is 0 Å². The van der Waals surface area contributed by atoms with Gasteiger partial charge < -0.3 is 16.4 Å². The molecule has 0 aliphatic rings. The number of rotatable bonds is 7. The van der Waals surface area contributed by atoms with Crippen LogP contribution >= 0.6 is 0 Å². The normalized spacial score (nSPS) is 11.6. The maximum absolute atomic E-state index is 11.7. The highest BCUT2D eigenvalue weighted by Crippen LogP contribution is 2.06. The highest BCUT2D eigenvalue weighted by molar-refractivity contribution is 5.98. The largest absolute Gasteiger partial charge is 0.388 e. The first-order valence-electron chi connectivity index (χ1n) is 6.68. The molecule has 0 aromatic heterocycles. The third-order valence-corrected chi connectivity index (χ3v) is 2.76. The van der Waals surface area contributed by atoms with Crippen LogP contribution in [-0.2, 0) is 11.2 Å². The number of nitrogens with zero attached hydrogens (tertiary/aromatic N) is 2. The fourth-order valence-electron chi connectivity index (χ4n) is 1.70. The molecule has 1 aromatic carbocycles. The van der Waals surface area contributed by atoms with E-state index in [0.29, 0.717) is 18.8 Å². The second kappa shape index (κ2) is 9.49. The zero-order valence-corrected chi connectivity index (χ0v) is 12.4. The SMILES string of the molecule is CN=C(N/N=C/N)c1ccc(CC(=O)NCCNC)cc1. The molecule has 0 saturated carbocycles. The van der Waals surface area contributed by atoms with Gasteiger partial charge in [0.15, 0.2) is 0 Å². The number of aliphatic imine (C=N–C) groups is 1. The molecule has 7 heteroatoms. The van der Waals surface area contributed by atoms with E-state index >= 15 is 0 Å². The van der Waals surface area contributed by atoms with Crippen LogP contribution in [0, 0.1) is 0 Å². The molecule has 0 aliphatic carbocycles. The Labute approximate surface area is 124 Å². The van der Waals surface area contributed by atoms with E-state index < -0.39 is 0 Å². The molecule has 7 nitrogen and oxygen atoms in total. The smallest absolute Gasteiger partial charge is 0.224 e. The number of amides is 1. The molecule has 0 heterocycles. The molecular weight excluding hydrogens is 268 g/mol. The summed E-state index contributed by atoms with van der Waals surface area (Å²) in [7, 11) is 3.51. The molecule has 0 radical (unpaired) electrons. The molecule has 0 atom stereocenters. The number of carbonyl (C=O) groups is 1. The van der Waals surface area contributed by atoms with Crippen LogP contribution in [0.4, 0.5) is 0 Å². The van der Waals surface area contributed by atoms with E-state index in [0.717, 1.165) is 24.0 Å². The van der Waals surface area contributed by atoms with Gasteiger partial charge in [0.25, 0.3) is 0 Å². The van der Waals surface area contributed by atoms with Crippen LogP contribution < -0.4 is 21.8 Å². The lowest BCUT2D eigenvalue weighted by molar-refractivity contribution is -0.120. The van der Waals surface area contributed by atoms with E-state index in [1.807, 2.05) is 31.3 Å². The number of hydrogen-bond acceptors (Lipinski definition) is 4. The second-order valence-electron chi connectivity index (χ2n) is 4.29. The van der Waals surface area contributed by atoms with Gasteiger partial charge >= 0.3 is 0 Å². The van der Waals surface area contributed by atoms with Gasteiger partial charge in [-0.3, -0.25) is 15.2 Å². The standard InChI is InChI=1S/C14H22N6O/c1-16-7-8-18-13(21)9-11-3-5-12(6-4-11)14(17-2)20-19-10-15/h3-6,10,16H,7-9H2,1-2H3,(H2,15,19)(H,17,20)(H,18,21). The van der Waals surface area contributed by atoms with Crippen LogP contribution in [0.5, 0.6) is 0 Å². The molecule has 1 amide bonds. The molecule has 0 aliphatic heterocycles. The number of hydrazone groups is 1. The molecule has 0 spiro atoms. The van der Waals surface area contributed by atoms with E-state index in [-0.39, 0.29) is 5.91 Å². The number of hydrogen-bond donors (Lipinski definition) is 4. The van der Waals surface area contributed by atoms with Crippen LogP contribution in [0.1, 0.15) is 11.1 Å². The highest BCUT2D eigenvalue weighted by atomic mass is 16.1. The predicted octanol–water partition coefficient (Wildman–Crippen LogP) is -0.567. The number of carbonyl (C=O) groups excluding carboxylic acids is 1. The summed E-state index contributed by atoms with van der Waals surface area (Å²) in [5, 5.41) is 9.55. The number of likely N-dealkylation sites (N-methyl/N-ethyl adjacent to an activating group) is 1. The van der Waals surface area contributed by atoms with Crippen molar-refractivity contribution in [2.45, 2.75) is 6.42 Å². The van der Waals surface area contributed by atoms with Gasteiger partial charge in [0.2, 0.25) is 5.91 Å². The molecule has 0 saturated heterocycles. The van der Waals surface area contributed by atoms with E-state index in [2.05, 4.69) is 26.2 Å². The van der Waals surface area contributed by atoms with Crippen molar-refractivity contribution in [3.05, 3.63) is 35.4 Å². The molecule has 1 rings (SSSR count). The van der Waals surface area contributed by atoms with E-state index in [1.54, 1.807) is 7.05 Å². The van der Waals surface area contributed by atoms with Gasteiger partial charge in [0.05, 0.1) is 6.42 Å². The lowest BCUT2D eigenvalue weighted by atomic mass is 10.1. The summed E-state index contributed by atoms with van der Waals surface area (Å²) in [5.74, 6) is 0.620. The Balaban J connectivity index is 2.59. The molecule has 0 fully saturated rings. The Morgan fingerprint density at radius 2 is 2.00 bits per heavy atom. The van der Waals surface area contributed by atoms with Gasteiger partial charge in [0, 0.05) is 25.7 Å². The van der Waals surface area contributed by atoms with Gasteiger partial charge in [-0.25, -0.2) is 0 Å². The molecule has 1 aromatic rings. The minimum atomic E-state index is 0.00763. The summed E-state index contributed by atoms with van der Waals surface area (Å²) in [5.41, 5.74) is 9.74. The van der Waals surface area contributed by atoms with Gasteiger partial charge in [-0.2, -0.15) is 5.10 Å². The minimum Gasteiger partial charge on any atom is -0.388 e. The number of amidine groups is 1. The Bertz CT molecular complexity index is 495. The molecule has 21 heavy (non-hydrogen) atoms. The summed E-state index contributed by atoms with van der Waals surface area (Å²) < 4.78 is 0. The molecule has 114 valence electrons. The van der Waals surface area contributed by atoms with Crippen molar-refractivity contribution in [1.29, 1.82) is 0 Å². The lowest BCUT2D eigenvalue weighted by Crippen LogP contribution is -2.31. The Morgan fingerprint density at radius 1 is 1.29 bits per heavy atom. The number of nitrogens with two attached hydrogens (primary N) is 1. The summed E-state index contributed by atoms with van der Waals surface area (Å²) in [6.45, 7) is 1.38. The van der Waals surface area contributed by atoms with Crippen molar-refractivity contribution in [2.75, 3.05) is 27.2 Å². The van der Waals surface area contributed by atoms with Gasteiger partial charge in [-0.1, -0.05) is 24.3 Å². The maximum atomic E-state index is 11.7. The maximum Gasteiger partial charge on any atom is 0.224 e. The summed E-state index contributed by atoms with van der Waals surface area (Å²) in [6, 6.07) is 7.56. The summed E-state index contributed by atoms with van der Waals surface area (Å²) in [4.78, 5) is 15.8. The van der Waals surface area contributed by atoms with Crippen molar-refractivity contribution >= 4 is 18.1 Å². The Morgan fingerprint density at radius 3 is 2.57 bits per heavy atom. The zero-order valence-electron chi connectivity index (χ0n) is 12.4. The molecular formula is C14H22N6O. The molecule has 0 unspecified atom stereocenters. The fraction of sp³-hybridized carbons (Fsp3) is 0.357. The van der Waals surface area contributed by atoms with Crippen molar-refractivity contribution < 1.29 is 4.79 Å². The topological polar surface area (TPSA) is 104 Å². The second-order valence-corrected chi connectivity index (χ2v) is 4.29. The first-order valence-corrected chi connectivity index (χ1v) is 6.68. The van der Waals surface area contributed by atoms with Crippen molar-refractivity contribution in [1.82, 2.24) is 16.1 Å². The monoisotopic (exact) mass is 290 g/mol. The first kappa shape index (κ1) is 16.6. The molecule has 0 bridgehead atoms. The average molecular weight is 290 g/mol. The summed E-state index contributed by atoms with van der Waals surface area (Å²) >= 11 is 0. The third-order valence-electron chi connectivity index (χ3n) is 2.76. The van der Waals surface area contributed by atoms with Gasteiger partial charge in [-0.15, -0.1) is 0 Å². The Hall–Kier alpha value is -2.41. The quantitative estimate of drug-likeness (QED) is 0.234. The van der Waals surface area contributed by atoms with E-state index in [1.165, 1.54) is 0 Å². The average Bonchev–Trinajstić information content (AvgIpc) is 2.50. The first-order chi connectivity index (χ1) is 10.2.